The van der Waals surface area contributed by atoms with E-state index in [0.717, 1.165) is 22.2 Å². The molecule has 3 heteroatoms. The number of rotatable bonds is 2. The molecule has 0 spiro atoms. The topological polar surface area (TPSA) is 32.9 Å². The van der Waals surface area contributed by atoms with E-state index in [-0.39, 0.29) is 5.78 Å². The number of hydrogen-bond acceptors (Lipinski definition) is 1. The Morgan fingerprint density at radius 2 is 1.74 bits per heavy atom. The van der Waals surface area contributed by atoms with Gasteiger partial charge in [-0.3, -0.25) is 4.79 Å². The summed E-state index contributed by atoms with van der Waals surface area (Å²) in [5.41, 5.74) is 3.26. The number of H-pyrrole nitrogens is 1. The molecule has 0 bridgehead atoms. The molecule has 0 aliphatic carbocycles. The minimum Gasteiger partial charge on any atom is -0.358 e. The molecule has 3 aromatic rings. The zero-order chi connectivity index (χ0) is 13.4. The van der Waals surface area contributed by atoms with Gasteiger partial charge in [-0.15, -0.1) is 0 Å². The average Bonchev–Trinajstić information content (AvgIpc) is 2.74. The predicted molar refractivity (Wildman–Crippen MR) is 77.9 cm³/mol. The van der Waals surface area contributed by atoms with Gasteiger partial charge in [0.2, 0.25) is 0 Å². The highest BCUT2D eigenvalue weighted by molar-refractivity contribution is 6.30. The molecule has 0 radical (unpaired) electrons. The molecule has 1 heterocycles. The SMILES string of the molecule is Cc1[nH]c2ccccc2c1C(=O)c1ccc(Cl)cc1. The number of para-hydroxylation sites is 1. The van der Waals surface area contributed by atoms with E-state index in [1.165, 1.54) is 0 Å². The maximum Gasteiger partial charge on any atom is 0.195 e. The van der Waals surface area contributed by atoms with Crippen LogP contribution in [0, 0.1) is 6.92 Å². The van der Waals surface area contributed by atoms with Crippen molar-refractivity contribution < 1.29 is 4.79 Å². The number of benzene rings is 2. The number of carbonyl (C=O) groups excluding carboxylic acids is 1. The van der Waals surface area contributed by atoms with E-state index >= 15 is 0 Å². The van der Waals surface area contributed by atoms with E-state index in [2.05, 4.69) is 4.98 Å². The van der Waals surface area contributed by atoms with Crippen molar-refractivity contribution in [2.24, 2.45) is 0 Å². The largest absolute Gasteiger partial charge is 0.358 e. The summed E-state index contributed by atoms with van der Waals surface area (Å²) in [6, 6.07) is 14.8. The lowest BCUT2D eigenvalue weighted by Crippen LogP contribution is -2.02. The van der Waals surface area contributed by atoms with Crippen molar-refractivity contribution in [2.75, 3.05) is 0 Å². The highest BCUT2D eigenvalue weighted by Crippen LogP contribution is 2.25. The van der Waals surface area contributed by atoms with Crippen LogP contribution in [0.5, 0.6) is 0 Å². The molecule has 0 unspecified atom stereocenters. The maximum absolute atomic E-state index is 12.6. The third-order valence-corrected chi connectivity index (χ3v) is 3.48. The summed E-state index contributed by atoms with van der Waals surface area (Å²) in [7, 11) is 0. The molecule has 0 aliphatic rings. The van der Waals surface area contributed by atoms with E-state index in [0.29, 0.717) is 10.6 Å². The van der Waals surface area contributed by atoms with E-state index in [4.69, 9.17) is 11.6 Å². The first-order valence-electron chi connectivity index (χ1n) is 6.04. The zero-order valence-electron chi connectivity index (χ0n) is 10.4. The van der Waals surface area contributed by atoms with Gasteiger partial charge in [-0.1, -0.05) is 29.8 Å². The highest BCUT2D eigenvalue weighted by atomic mass is 35.5. The molecule has 3 rings (SSSR count). The summed E-state index contributed by atoms with van der Waals surface area (Å²) >= 11 is 5.85. The molecule has 0 fully saturated rings. The molecule has 0 atom stereocenters. The van der Waals surface area contributed by atoms with Gasteiger partial charge in [-0.25, -0.2) is 0 Å². The van der Waals surface area contributed by atoms with Crippen molar-refractivity contribution in [3.8, 4) is 0 Å². The number of aromatic amines is 1. The predicted octanol–water partition coefficient (Wildman–Crippen LogP) is 4.36. The molecule has 2 aromatic carbocycles. The van der Waals surface area contributed by atoms with Crippen molar-refractivity contribution in [2.45, 2.75) is 6.92 Å². The van der Waals surface area contributed by atoms with Gasteiger partial charge < -0.3 is 4.98 Å². The Morgan fingerprint density at radius 1 is 1.05 bits per heavy atom. The van der Waals surface area contributed by atoms with Gasteiger partial charge in [0, 0.05) is 27.2 Å². The van der Waals surface area contributed by atoms with Crippen LogP contribution in [-0.2, 0) is 0 Å². The van der Waals surface area contributed by atoms with Crippen molar-refractivity contribution in [3.63, 3.8) is 0 Å². The molecule has 0 saturated heterocycles. The number of fused-ring (bicyclic) bond motifs is 1. The van der Waals surface area contributed by atoms with Crippen LogP contribution in [0.1, 0.15) is 21.6 Å². The molecule has 0 saturated carbocycles. The lowest BCUT2D eigenvalue weighted by Gasteiger charge is -2.01. The molecule has 19 heavy (non-hydrogen) atoms. The highest BCUT2D eigenvalue weighted by Gasteiger charge is 2.17. The summed E-state index contributed by atoms with van der Waals surface area (Å²) in [4.78, 5) is 15.8. The second kappa shape index (κ2) is 4.56. The van der Waals surface area contributed by atoms with Crippen LogP contribution in [0.4, 0.5) is 0 Å². The van der Waals surface area contributed by atoms with E-state index in [1.54, 1.807) is 24.3 Å². The minimum absolute atomic E-state index is 0.0200. The van der Waals surface area contributed by atoms with Crippen LogP contribution in [0.3, 0.4) is 0 Å². The monoisotopic (exact) mass is 269 g/mol. The number of hydrogen-bond donors (Lipinski definition) is 1. The smallest absolute Gasteiger partial charge is 0.195 e. The quantitative estimate of drug-likeness (QED) is 0.689. The van der Waals surface area contributed by atoms with Crippen LogP contribution in [0.15, 0.2) is 48.5 Å². The third kappa shape index (κ3) is 2.04. The lowest BCUT2D eigenvalue weighted by molar-refractivity contribution is 0.104. The number of aromatic nitrogens is 1. The van der Waals surface area contributed by atoms with Crippen LogP contribution in [0.25, 0.3) is 10.9 Å². The first-order chi connectivity index (χ1) is 9.16. The number of carbonyl (C=O) groups is 1. The van der Waals surface area contributed by atoms with Gasteiger partial charge in [-0.2, -0.15) is 0 Å². The van der Waals surface area contributed by atoms with Gasteiger partial charge in [-0.05, 0) is 37.3 Å². The first-order valence-corrected chi connectivity index (χ1v) is 6.42. The van der Waals surface area contributed by atoms with Crippen molar-refractivity contribution >= 4 is 28.3 Å². The van der Waals surface area contributed by atoms with Crippen molar-refractivity contribution in [3.05, 3.63) is 70.4 Å². The lowest BCUT2D eigenvalue weighted by atomic mass is 10.0. The average molecular weight is 270 g/mol. The van der Waals surface area contributed by atoms with Gasteiger partial charge >= 0.3 is 0 Å². The van der Waals surface area contributed by atoms with E-state index in [1.807, 2.05) is 31.2 Å². The van der Waals surface area contributed by atoms with Crippen molar-refractivity contribution in [1.29, 1.82) is 0 Å². The normalized spacial score (nSPS) is 10.8. The molecule has 94 valence electrons. The van der Waals surface area contributed by atoms with Crippen LogP contribution in [-0.4, -0.2) is 10.8 Å². The molecular formula is C16H12ClNO. The Bertz CT molecular complexity index is 756. The second-order valence-electron chi connectivity index (χ2n) is 4.51. The van der Waals surface area contributed by atoms with E-state index < -0.39 is 0 Å². The summed E-state index contributed by atoms with van der Waals surface area (Å²) in [5.74, 6) is 0.0200. The number of nitrogens with one attached hydrogen (secondary N) is 1. The summed E-state index contributed by atoms with van der Waals surface area (Å²) in [5, 5.41) is 1.59. The Balaban J connectivity index is 2.16. The second-order valence-corrected chi connectivity index (χ2v) is 4.94. The molecular weight excluding hydrogens is 258 g/mol. The number of aryl methyl sites for hydroxylation is 1. The molecule has 2 nitrogen and oxygen atoms in total. The maximum atomic E-state index is 12.6. The first kappa shape index (κ1) is 12.0. The van der Waals surface area contributed by atoms with E-state index in [9.17, 15) is 4.79 Å². The Hall–Kier alpha value is -2.06. The summed E-state index contributed by atoms with van der Waals surface area (Å²) in [6.07, 6.45) is 0. The molecule has 1 N–H and O–H groups in total. The standard InChI is InChI=1S/C16H12ClNO/c1-10-15(13-4-2-3-5-14(13)18-10)16(19)11-6-8-12(17)9-7-11/h2-9,18H,1H3. The number of halogens is 1. The van der Waals surface area contributed by atoms with Gasteiger partial charge in [0.15, 0.2) is 5.78 Å². The summed E-state index contributed by atoms with van der Waals surface area (Å²) in [6.45, 7) is 1.92. The van der Waals surface area contributed by atoms with Gasteiger partial charge in [0.05, 0.1) is 5.56 Å². The Kier molecular flexibility index (Phi) is 2.88. The van der Waals surface area contributed by atoms with Crippen LogP contribution < -0.4 is 0 Å². The Labute approximate surface area is 116 Å². The third-order valence-electron chi connectivity index (χ3n) is 3.23. The minimum atomic E-state index is 0.0200. The van der Waals surface area contributed by atoms with Gasteiger partial charge in [0.25, 0.3) is 0 Å². The van der Waals surface area contributed by atoms with Gasteiger partial charge in [0.1, 0.15) is 0 Å². The molecule has 1 aromatic heterocycles. The fourth-order valence-corrected chi connectivity index (χ4v) is 2.44. The molecule has 0 aliphatic heterocycles. The zero-order valence-corrected chi connectivity index (χ0v) is 11.2. The van der Waals surface area contributed by atoms with Crippen LogP contribution >= 0.6 is 11.6 Å². The number of ketones is 1. The van der Waals surface area contributed by atoms with Crippen molar-refractivity contribution in [1.82, 2.24) is 4.98 Å². The fraction of sp³-hybridized carbons (Fsp3) is 0.0625. The Morgan fingerprint density at radius 3 is 2.47 bits per heavy atom. The molecule has 0 amide bonds. The fourth-order valence-electron chi connectivity index (χ4n) is 2.31. The van der Waals surface area contributed by atoms with Crippen LogP contribution in [0.2, 0.25) is 5.02 Å². The summed E-state index contributed by atoms with van der Waals surface area (Å²) < 4.78 is 0.